The molecular formula is C15H23NO4. The van der Waals surface area contributed by atoms with Crippen LogP contribution in [0.25, 0.3) is 0 Å². The molecule has 0 saturated carbocycles. The van der Waals surface area contributed by atoms with Crippen LogP contribution >= 0.6 is 0 Å². The van der Waals surface area contributed by atoms with Gasteiger partial charge in [-0.05, 0) is 40.2 Å². The maximum atomic E-state index is 12.1. The first-order valence-corrected chi connectivity index (χ1v) is 6.66. The first kappa shape index (κ1) is 16.4. The Balaban J connectivity index is 3.37. The van der Waals surface area contributed by atoms with Crippen LogP contribution in [0, 0.1) is 13.8 Å². The Labute approximate surface area is 119 Å². The molecule has 0 atom stereocenters. The number of pyridine rings is 1. The molecule has 0 bridgehead atoms. The lowest BCUT2D eigenvalue weighted by molar-refractivity contribution is 0.00672. The molecule has 0 spiro atoms. The molecule has 5 heteroatoms. The Kier molecular flexibility index (Phi) is 5.11. The predicted molar refractivity (Wildman–Crippen MR) is 77.2 cm³/mol. The van der Waals surface area contributed by atoms with E-state index in [2.05, 4.69) is 0 Å². The monoisotopic (exact) mass is 281 g/mol. The standard InChI is InChI=1S/C15H23NO4/c1-7-20-14(18)13-10(2)8-12(17)16(11(13)3)9-15(4,5)19-6/h8H,7,9H2,1-6H3. The number of carbonyl (C=O) groups is 1. The average molecular weight is 281 g/mol. The summed E-state index contributed by atoms with van der Waals surface area (Å²) in [6, 6.07) is 1.46. The van der Waals surface area contributed by atoms with E-state index in [1.165, 1.54) is 6.07 Å². The van der Waals surface area contributed by atoms with E-state index in [9.17, 15) is 9.59 Å². The van der Waals surface area contributed by atoms with Gasteiger partial charge >= 0.3 is 5.97 Å². The van der Waals surface area contributed by atoms with E-state index in [0.717, 1.165) is 0 Å². The summed E-state index contributed by atoms with van der Waals surface area (Å²) >= 11 is 0. The Hall–Kier alpha value is -1.62. The minimum absolute atomic E-state index is 0.141. The topological polar surface area (TPSA) is 57.5 Å². The highest BCUT2D eigenvalue weighted by Gasteiger charge is 2.23. The van der Waals surface area contributed by atoms with E-state index in [1.54, 1.807) is 32.4 Å². The van der Waals surface area contributed by atoms with Crippen LogP contribution in [0.3, 0.4) is 0 Å². The number of carbonyl (C=O) groups excluding carboxylic acids is 1. The number of methoxy groups -OCH3 is 1. The normalized spacial score (nSPS) is 11.5. The van der Waals surface area contributed by atoms with Crippen molar-refractivity contribution < 1.29 is 14.3 Å². The zero-order valence-corrected chi connectivity index (χ0v) is 13.1. The van der Waals surface area contributed by atoms with Gasteiger partial charge in [-0.3, -0.25) is 4.79 Å². The van der Waals surface area contributed by atoms with Gasteiger partial charge in [0.2, 0.25) is 0 Å². The minimum atomic E-state index is -0.490. The van der Waals surface area contributed by atoms with E-state index in [0.29, 0.717) is 30.0 Å². The molecule has 1 aromatic rings. The number of esters is 1. The Morgan fingerprint density at radius 2 is 1.95 bits per heavy atom. The number of aryl methyl sites for hydroxylation is 1. The van der Waals surface area contributed by atoms with Gasteiger partial charge in [0, 0.05) is 18.9 Å². The van der Waals surface area contributed by atoms with Gasteiger partial charge in [0.15, 0.2) is 0 Å². The zero-order chi connectivity index (χ0) is 15.5. The number of hydrogen-bond donors (Lipinski definition) is 0. The summed E-state index contributed by atoms with van der Waals surface area (Å²) in [6.07, 6.45) is 0. The molecule has 0 aromatic carbocycles. The minimum Gasteiger partial charge on any atom is -0.462 e. The van der Waals surface area contributed by atoms with Gasteiger partial charge < -0.3 is 14.0 Å². The predicted octanol–water partition coefficient (Wildman–Crippen LogP) is 2.07. The van der Waals surface area contributed by atoms with E-state index in [-0.39, 0.29) is 5.56 Å². The first-order chi connectivity index (χ1) is 9.23. The Morgan fingerprint density at radius 1 is 1.35 bits per heavy atom. The molecule has 112 valence electrons. The lowest BCUT2D eigenvalue weighted by atomic mass is 10.1. The summed E-state index contributed by atoms with van der Waals surface area (Å²) in [6.45, 7) is 9.72. The van der Waals surface area contributed by atoms with Gasteiger partial charge in [-0.2, -0.15) is 0 Å². The molecule has 0 saturated heterocycles. The molecule has 5 nitrogen and oxygen atoms in total. The lowest BCUT2D eigenvalue weighted by Gasteiger charge is -2.26. The van der Waals surface area contributed by atoms with Crippen molar-refractivity contribution in [3.8, 4) is 0 Å². The molecule has 1 heterocycles. The SMILES string of the molecule is CCOC(=O)c1c(C)cc(=O)n(CC(C)(C)OC)c1C. The number of rotatable bonds is 5. The molecule has 20 heavy (non-hydrogen) atoms. The van der Waals surface area contributed by atoms with Gasteiger partial charge in [-0.1, -0.05) is 0 Å². The second-order valence-electron chi connectivity index (χ2n) is 5.40. The first-order valence-electron chi connectivity index (χ1n) is 6.66. The number of ether oxygens (including phenoxy) is 2. The molecule has 0 amide bonds. The summed E-state index contributed by atoms with van der Waals surface area (Å²) in [5.74, 6) is -0.397. The van der Waals surface area contributed by atoms with Gasteiger partial charge in [-0.25, -0.2) is 4.79 Å². The van der Waals surface area contributed by atoms with Crippen LogP contribution in [0.2, 0.25) is 0 Å². The van der Waals surface area contributed by atoms with Crippen LogP contribution in [0.4, 0.5) is 0 Å². The molecule has 0 aliphatic heterocycles. The highest BCUT2D eigenvalue weighted by Crippen LogP contribution is 2.16. The number of aromatic nitrogens is 1. The van der Waals surface area contributed by atoms with Crippen molar-refractivity contribution in [1.29, 1.82) is 0 Å². The van der Waals surface area contributed by atoms with Crippen molar-refractivity contribution in [2.24, 2.45) is 0 Å². The highest BCUT2D eigenvalue weighted by molar-refractivity contribution is 5.92. The van der Waals surface area contributed by atoms with Gasteiger partial charge in [-0.15, -0.1) is 0 Å². The van der Waals surface area contributed by atoms with Crippen LogP contribution in [0.5, 0.6) is 0 Å². The van der Waals surface area contributed by atoms with Crippen molar-refractivity contribution in [3.63, 3.8) is 0 Å². The van der Waals surface area contributed by atoms with Crippen LogP contribution in [-0.4, -0.2) is 29.9 Å². The molecule has 0 aliphatic rings. The second-order valence-corrected chi connectivity index (χ2v) is 5.40. The number of nitrogens with zero attached hydrogens (tertiary/aromatic N) is 1. The van der Waals surface area contributed by atoms with Crippen LogP contribution in [-0.2, 0) is 16.0 Å². The van der Waals surface area contributed by atoms with Crippen LogP contribution in [0.15, 0.2) is 10.9 Å². The molecule has 0 fully saturated rings. The molecule has 1 rings (SSSR count). The van der Waals surface area contributed by atoms with Crippen LogP contribution < -0.4 is 5.56 Å². The zero-order valence-electron chi connectivity index (χ0n) is 13.1. The molecule has 0 aliphatic carbocycles. The summed E-state index contributed by atoms with van der Waals surface area (Å²) in [5, 5.41) is 0. The van der Waals surface area contributed by atoms with E-state index >= 15 is 0 Å². The fourth-order valence-electron chi connectivity index (χ4n) is 2.07. The molecular weight excluding hydrogens is 258 g/mol. The van der Waals surface area contributed by atoms with Gasteiger partial charge in [0.25, 0.3) is 5.56 Å². The lowest BCUT2D eigenvalue weighted by Crippen LogP contribution is -2.36. The van der Waals surface area contributed by atoms with Crippen molar-refractivity contribution in [3.05, 3.63) is 33.2 Å². The molecule has 0 radical (unpaired) electrons. The van der Waals surface area contributed by atoms with Crippen LogP contribution in [0.1, 0.15) is 42.4 Å². The smallest absolute Gasteiger partial charge is 0.340 e. The maximum Gasteiger partial charge on any atom is 0.340 e. The van der Waals surface area contributed by atoms with Crippen molar-refractivity contribution in [1.82, 2.24) is 4.57 Å². The molecule has 0 unspecified atom stereocenters. The summed E-state index contributed by atoms with van der Waals surface area (Å²) < 4.78 is 12.0. The average Bonchev–Trinajstić information content (AvgIpc) is 2.34. The van der Waals surface area contributed by atoms with E-state index in [1.807, 2.05) is 13.8 Å². The molecule has 1 aromatic heterocycles. The third-order valence-electron chi connectivity index (χ3n) is 3.34. The third-order valence-corrected chi connectivity index (χ3v) is 3.34. The number of hydrogen-bond acceptors (Lipinski definition) is 4. The fraction of sp³-hybridized carbons (Fsp3) is 0.600. The molecule has 0 N–H and O–H groups in total. The highest BCUT2D eigenvalue weighted by atomic mass is 16.5. The quantitative estimate of drug-likeness (QED) is 0.775. The van der Waals surface area contributed by atoms with E-state index < -0.39 is 11.6 Å². The second kappa shape index (κ2) is 6.22. The van der Waals surface area contributed by atoms with Crippen molar-refractivity contribution in [2.75, 3.05) is 13.7 Å². The van der Waals surface area contributed by atoms with Crippen molar-refractivity contribution in [2.45, 2.75) is 46.8 Å². The third kappa shape index (κ3) is 3.48. The Bertz CT molecular complexity index is 558. The fourth-order valence-corrected chi connectivity index (χ4v) is 2.07. The summed E-state index contributed by atoms with van der Waals surface area (Å²) in [4.78, 5) is 24.2. The summed E-state index contributed by atoms with van der Waals surface area (Å²) in [7, 11) is 1.60. The van der Waals surface area contributed by atoms with Gasteiger partial charge in [0.05, 0.1) is 24.3 Å². The van der Waals surface area contributed by atoms with Gasteiger partial charge in [0.1, 0.15) is 0 Å². The van der Waals surface area contributed by atoms with Crippen molar-refractivity contribution >= 4 is 5.97 Å². The Morgan fingerprint density at radius 3 is 2.45 bits per heavy atom. The maximum absolute atomic E-state index is 12.1. The largest absolute Gasteiger partial charge is 0.462 e. The summed E-state index contributed by atoms with van der Waals surface area (Å²) in [5.41, 5.74) is 1.07. The van der Waals surface area contributed by atoms with E-state index in [4.69, 9.17) is 9.47 Å².